The second-order valence-electron chi connectivity index (χ2n) is 4.05. The lowest BCUT2D eigenvalue weighted by atomic mass is 10.2. The second kappa shape index (κ2) is 8.82. The van der Waals surface area contributed by atoms with Crippen LogP contribution in [0.25, 0.3) is 0 Å². The topological polar surface area (TPSA) is 142 Å². The fourth-order valence-corrected chi connectivity index (χ4v) is 1.39. The zero-order valence-electron chi connectivity index (χ0n) is 9.50. The number of hydrogen-bond acceptors (Lipinski definition) is 7. The van der Waals surface area contributed by atoms with Crippen LogP contribution in [0.2, 0.25) is 0 Å². The van der Waals surface area contributed by atoms with Gasteiger partial charge in [0.25, 0.3) is 0 Å². The molecule has 9 N–H and O–H groups in total. The summed E-state index contributed by atoms with van der Waals surface area (Å²) in [5.41, 5.74) is 16.8. The van der Waals surface area contributed by atoms with E-state index >= 15 is 0 Å². The van der Waals surface area contributed by atoms with Crippen molar-refractivity contribution in [3.63, 3.8) is 0 Å². The average molecular weight is 236 g/mol. The smallest absolute Gasteiger partial charge is 0.0595 e. The molecule has 0 rings (SSSR count). The highest BCUT2D eigenvalue weighted by Gasteiger charge is 2.15. The molecule has 7 nitrogen and oxygen atoms in total. The van der Waals surface area contributed by atoms with E-state index in [-0.39, 0.29) is 37.9 Å². The minimum Gasteiger partial charge on any atom is -0.395 e. The van der Waals surface area contributed by atoms with Crippen LogP contribution >= 0.6 is 0 Å². The third-order valence-corrected chi connectivity index (χ3v) is 2.18. The van der Waals surface area contributed by atoms with E-state index in [4.69, 9.17) is 32.5 Å². The first-order chi connectivity index (χ1) is 7.53. The molecule has 0 unspecified atom stereocenters. The summed E-state index contributed by atoms with van der Waals surface area (Å²) < 4.78 is 0. The maximum atomic E-state index is 8.85. The molecule has 98 valence electrons. The highest BCUT2D eigenvalue weighted by atomic mass is 16.3. The zero-order valence-corrected chi connectivity index (χ0v) is 9.50. The van der Waals surface area contributed by atoms with Crippen molar-refractivity contribution in [3.8, 4) is 0 Å². The van der Waals surface area contributed by atoms with E-state index in [1.165, 1.54) is 0 Å². The summed E-state index contributed by atoms with van der Waals surface area (Å²) in [4.78, 5) is 1.84. The molecule has 0 aromatic rings. The van der Waals surface area contributed by atoms with E-state index in [1.54, 1.807) is 0 Å². The Hall–Kier alpha value is -0.280. The van der Waals surface area contributed by atoms with Crippen LogP contribution in [0.3, 0.4) is 0 Å². The molecule has 0 aliphatic rings. The maximum Gasteiger partial charge on any atom is 0.0595 e. The van der Waals surface area contributed by atoms with Crippen LogP contribution in [0.4, 0.5) is 0 Å². The third kappa shape index (κ3) is 7.07. The van der Waals surface area contributed by atoms with E-state index in [1.807, 2.05) is 4.90 Å². The summed E-state index contributed by atoms with van der Waals surface area (Å²) in [5, 5.41) is 26.6. The first-order valence-electron chi connectivity index (χ1n) is 5.35. The highest BCUT2D eigenvalue weighted by Crippen LogP contribution is 1.95. The van der Waals surface area contributed by atoms with E-state index in [9.17, 15) is 0 Å². The second-order valence-corrected chi connectivity index (χ2v) is 4.05. The minimum atomic E-state index is -0.378. The van der Waals surface area contributed by atoms with E-state index in [0.29, 0.717) is 19.6 Å². The molecular weight excluding hydrogens is 212 g/mol. The Labute approximate surface area is 95.8 Å². The predicted octanol–water partition coefficient (Wildman–Crippen LogP) is -3.75. The zero-order chi connectivity index (χ0) is 12.6. The monoisotopic (exact) mass is 236 g/mol. The van der Waals surface area contributed by atoms with Gasteiger partial charge in [0.15, 0.2) is 0 Å². The lowest BCUT2D eigenvalue weighted by Gasteiger charge is -2.28. The Kier molecular flexibility index (Phi) is 8.67. The Morgan fingerprint density at radius 3 is 1.12 bits per heavy atom. The molecule has 0 aliphatic carbocycles. The van der Waals surface area contributed by atoms with Crippen LogP contribution in [-0.4, -0.2) is 77.8 Å². The first kappa shape index (κ1) is 15.7. The summed E-state index contributed by atoms with van der Waals surface area (Å²) in [7, 11) is 0. The predicted molar refractivity (Wildman–Crippen MR) is 61.6 cm³/mol. The van der Waals surface area contributed by atoms with Crippen molar-refractivity contribution in [2.24, 2.45) is 17.2 Å². The standard InChI is InChI=1S/C9H24N4O3/c10-7(4-14)1-13(2-8(11)5-15)3-9(12)6-16/h7-9,14-16H,1-6,10-12H2/t7-,8-,9-/m1/s1. The molecular formula is C9H24N4O3. The van der Waals surface area contributed by atoms with Crippen molar-refractivity contribution in [1.82, 2.24) is 4.90 Å². The fourth-order valence-electron chi connectivity index (χ4n) is 1.39. The Morgan fingerprint density at radius 2 is 0.938 bits per heavy atom. The van der Waals surface area contributed by atoms with Gasteiger partial charge in [-0.15, -0.1) is 0 Å². The fraction of sp³-hybridized carbons (Fsp3) is 1.00. The molecule has 0 fully saturated rings. The van der Waals surface area contributed by atoms with E-state index in [2.05, 4.69) is 0 Å². The average Bonchev–Trinajstić information content (AvgIpc) is 2.28. The molecule has 0 aromatic heterocycles. The van der Waals surface area contributed by atoms with Gasteiger partial charge >= 0.3 is 0 Å². The number of nitrogens with two attached hydrogens (primary N) is 3. The van der Waals surface area contributed by atoms with Crippen molar-refractivity contribution in [3.05, 3.63) is 0 Å². The molecule has 3 atom stereocenters. The van der Waals surface area contributed by atoms with Gasteiger partial charge in [-0.1, -0.05) is 0 Å². The Morgan fingerprint density at radius 1 is 0.688 bits per heavy atom. The van der Waals surface area contributed by atoms with Gasteiger partial charge in [0.05, 0.1) is 19.8 Å². The molecule has 0 aliphatic heterocycles. The van der Waals surface area contributed by atoms with Gasteiger partial charge in [0.1, 0.15) is 0 Å². The Balaban J connectivity index is 4.15. The lowest BCUT2D eigenvalue weighted by Crippen LogP contribution is -2.50. The quantitative estimate of drug-likeness (QED) is 0.241. The van der Waals surface area contributed by atoms with Crippen molar-refractivity contribution < 1.29 is 15.3 Å². The van der Waals surface area contributed by atoms with Crippen LogP contribution in [0, 0.1) is 0 Å². The van der Waals surface area contributed by atoms with Gasteiger partial charge in [0, 0.05) is 37.8 Å². The van der Waals surface area contributed by atoms with Gasteiger partial charge in [-0.25, -0.2) is 0 Å². The Bertz CT molecular complexity index is 144. The molecule has 16 heavy (non-hydrogen) atoms. The van der Waals surface area contributed by atoms with Crippen molar-refractivity contribution in [1.29, 1.82) is 0 Å². The molecule has 0 radical (unpaired) electrons. The van der Waals surface area contributed by atoms with Crippen molar-refractivity contribution in [2.75, 3.05) is 39.5 Å². The molecule has 0 saturated heterocycles. The molecule has 0 amide bonds. The van der Waals surface area contributed by atoms with Gasteiger partial charge in [-0.2, -0.15) is 0 Å². The maximum absolute atomic E-state index is 8.85. The minimum absolute atomic E-state index is 0.126. The number of aliphatic hydroxyl groups is 3. The van der Waals surface area contributed by atoms with Gasteiger partial charge in [0.2, 0.25) is 0 Å². The lowest BCUT2D eigenvalue weighted by molar-refractivity contribution is 0.152. The molecule has 0 aromatic carbocycles. The molecule has 0 heterocycles. The number of nitrogens with zero attached hydrogens (tertiary/aromatic N) is 1. The molecule has 0 spiro atoms. The van der Waals surface area contributed by atoms with Gasteiger partial charge in [-0.3, -0.25) is 4.90 Å². The molecule has 0 bridgehead atoms. The summed E-state index contributed by atoms with van der Waals surface area (Å²) in [6.07, 6.45) is 0. The highest BCUT2D eigenvalue weighted by molar-refractivity contribution is 4.76. The van der Waals surface area contributed by atoms with Crippen molar-refractivity contribution >= 4 is 0 Å². The number of hydrogen-bond donors (Lipinski definition) is 6. The summed E-state index contributed by atoms with van der Waals surface area (Å²) in [5.74, 6) is 0. The SMILES string of the molecule is N[C@@H](CO)CN(C[C@@H](N)CO)C[C@@H](N)CO. The van der Waals surface area contributed by atoms with Crippen LogP contribution in [0.15, 0.2) is 0 Å². The van der Waals surface area contributed by atoms with E-state index in [0.717, 1.165) is 0 Å². The summed E-state index contributed by atoms with van der Waals surface area (Å²) >= 11 is 0. The molecule has 7 heteroatoms. The largest absolute Gasteiger partial charge is 0.395 e. The van der Waals surface area contributed by atoms with Crippen LogP contribution in [0.5, 0.6) is 0 Å². The van der Waals surface area contributed by atoms with Crippen LogP contribution in [-0.2, 0) is 0 Å². The summed E-state index contributed by atoms with van der Waals surface area (Å²) in [6, 6.07) is -1.13. The molecule has 0 saturated carbocycles. The normalized spacial score (nSPS) is 17.4. The van der Waals surface area contributed by atoms with Crippen molar-refractivity contribution in [2.45, 2.75) is 18.1 Å². The third-order valence-electron chi connectivity index (χ3n) is 2.18. The number of rotatable bonds is 9. The summed E-state index contributed by atoms with van der Waals surface area (Å²) in [6.45, 7) is 0.908. The van der Waals surface area contributed by atoms with Gasteiger partial charge in [-0.05, 0) is 0 Å². The van der Waals surface area contributed by atoms with Crippen LogP contribution in [0.1, 0.15) is 0 Å². The van der Waals surface area contributed by atoms with Crippen LogP contribution < -0.4 is 17.2 Å². The van der Waals surface area contributed by atoms with E-state index < -0.39 is 0 Å². The van der Waals surface area contributed by atoms with Gasteiger partial charge < -0.3 is 32.5 Å². The number of aliphatic hydroxyl groups excluding tert-OH is 3. The first-order valence-corrected chi connectivity index (χ1v) is 5.35.